The Bertz CT molecular complexity index is 514. The molecule has 2 unspecified atom stereocenters. The van der Waals surface area contributed by atoms with E-state index < -0.39 is 5.60 Å². The number of alkyl carbamates (subject to hydrolysis) is 1. The van der Waals surface area contributed by atoms with E-state index in [9.17, 15) is 4.79 Å². The molecule has 1 amide bonds. The number of ether oxygens (including phenoxy) is 1. The summed E-state index contributed by atoms with van der Waals surface area (Å²) in [7, 11) is 0. The third kappa shape index (κ3) is 6.47. The molecule has 2 rings (SSSR count). The predicted octanol–water partition coefficient (Wildman–Crippen LogP) is 3.63. The molecule has 2 atom stereocenters. The first-order valence-electron chi connectivity index (χ1n) is 8.14. The first kappa shape index (κ1) is 18.2. The van der Waals surface area contributed by atoms with Crippen molar-refractivity contribution in [3.05, 3.63) is 28.5 Å². The summed E-state index contributed by atoms with van der Waals surface area (Å²) in [6.07, 6.45) is 4.93. The SMILES string of the molecule is CC(C)(C)OC(=O)NCC1CCCC1NCc1ccc(Br)cn1. The molecule has 0 aliphatic heterocycles. The van der Waals surface area contributed by atoms with E-state index in [1.54, 1.807) is 0 Å². The van der Waals surface area contributed by atoms with Crippen molar-refractivity contribution in [1.29, 1.82) is 0 Å². The predicted molar refractivity (Wildman–Crippen MR) is 94.1 cm³/mol. The van der Waals surface area contributed by atoms with E-state index in [0.29, 0.717) is 18.5 Å². The molecular weight excluding hydrogens is 358 g/mol. The van der Waals surface area contributed by atoms with Gasteiger partial charge in [0.2, 0.25) is 0 Å². The zero-order valence-corrected chi connectivity index (χ0v) is 15.6. The largest absolute Gasteiger partial charge is 0.444 e. The van der Waals surface area contributed by atoms with Crippen molar-refractivity contribution in [2.45, 2.75) is 58.2 Å². The van der Waals surface area contributed by atoms with E-state index in [4.69, 9.17) is 4.74 Å². The van der Waals surface area contributed by atoms with E-state index in [2.05, 4.69) is 31.5 Å². The van der Waals surface area contributed by atoms with Gasteiger partial charge in [-0.3, -0.25) is 4.98 Å². The minimum absolute atomic E-state index is 0.335. The van der Waals surface area contributed by atoms with Crippen LogP contribution in [0, 0.1) is 5.92 Å². The second kappa shape index (κ2) is 8.11. The van der Waals surface area contributed by atoms with Crippen LogP contribution in [0.5, 0.6) is 0 Å². The standard InChI is InChI=1S/C17H26BrN3O2/c1-17(2,3)23-16(22)21-9-12-5-4-6-15(12)20-11-14-8-7-13(18)10-19-14/h7-8,10,12,15,20H,4-6,9,11H2,1-3H3,(H,21,22). The number of hydrogen-bond acceptors (Lipinski definition) is 4. The van der Waals surface area contributed by atoms with Gasteiger partial charge in [-0.15, -0.1) is 0 Å². The van der Waals surface area contributed by atoms with Gasteiger partial charge in [-0.25, -0.2) is 4.79 Å². The molecule has 0 bridgehead atoms. The molecule has 0 radical (unpaired) electrons. The van der Waals surface area contributed by atoms with Gasteiger partial charge in [0.15, 0.2) is 0 Å². The smallest absolute Gasteiger partial charge is 0.407 e. The highest BCUT2D eigenvalue weighted by Crippen LogP contribution is 2.25. The number of pyridine rings is 1. The van der Waals surface area contributed by atoms with E-state index in [-0.39, 0.29) is 6.09 Å². The van der Waals surface area contributed by atoms with Crippen LogP contribution in [0.2, 0.25) is 0 Å². The molecule has 1 aromatic rings. The van der Waals surface area contributed by atoms with E-state index in [1.807, 2.05) is 39.1 Å². The zero-order valence-electron chi connectivity index (χ0n) is 14.1. The van der Waals surface area contributed by atoms with Crippen molar-refractivity contribution in [3.63, 3.8) is 0 Å². The Morgan fingerprint density at radius 2 is 2.17 bits per heavy atom. The quantitative estimate of drug-likeness (QED) is 0.814. The van der Waals surface area contributed by atoms with Crippen molar-refractivity contribution in [3.8, 4) is 0 Å². The van der Waals surface area contributed by atoms with Crippen LogP contribution in [0.4, 0.5) is 4.79 Å². The van der Waals surface area contributed by atoms with E-state index >= 15 is 0 Å². The van der Waals surface area contributed by atoms with E-state index in [0.717, 1.165) is 29.6 Å². The molecule has 1 aliphatic rings. The summed E-state index contributed by atoms with van der Waals surface area (Å²) in [6, 6.07) is 4.43. The Kier molecular flexibility index (Phi) is 6.41. The van der Waals surface area contributed by atoms with Gasteiger partial charge >= 0.3 is 6.09 Å². The normalized spacial score (nSPS) is 21.2. The molecule has 128 valence electrons. The third-order valence-corrected chi connectivity index (χ3v) is 4.37. The molecule has 0 spiro atoms. The van der Waals surface area contributed by atoms with Crippen LogP contribution in [0.1, 0.15) is 45.7 Å². The number of rotatable bonds is 5. The molecule has 5 nitrogen and oxygen atoms in total. The molecule has 0 aromatic carbocycles. The summed E-state index contributed by atoms with van der Waals surface area (Å²) >= 11 is 3.39. The Hall–Kier alpha value is -1.14. The number of nitrogens with one attached hydrogen (secondary N) is 2. The van der Waals surface area contributed by atoms with Gasteiger partial charge in [-0.2, -0.15) is 0 Å². The molecule has 23 heavy (non-hydrogen) atoms. The molecule has 1 aliphatic carbocycles. The fourth-order valence-electron chi connectivity index (χ4n) is 2.83. The van der Waals surface area contributed by atoms with Gasteiger partial charge in [0.1, 0.15) is 5.60 Å². The third-order valence-electron chi connectivity index (χ3n) is 3.90. The van der Waals surface area contributed by atoms with Crippen molar-refractivity contribution in [2.24, 2.45) is 5.92 Å². The van der Waals surface area contributed by atoms with Gasteiger partial charge in [-0.1, -0.05) is 6.42 Å². The highest BCUT2D eigenvalue weighted by molar-refractivity contribution is 9.10. The summed E-state index contributed by atoms with van der Waals surface area (Å²) in [5, 5.41) is 6.46. The summed E-state index contributed by atoms with van der Waals surface area (Å²) in [4.78, 5) is 16.1. The topological polar surface area (TPSA) is 63.2 Å². The van der Waals surface area contributed by atoms with Crippen LogP contribution in [0.15, 0.2) is 22.8 Å². The number of nitrogens with zero attached hydrogens (tertiary/aromatic N) is 1. The van der Waals surface area contributed by atoms with E-state index in [1.165, 1.54) is 6.42 Å². The summed E-state index contributed by atoms with van der Waals surface area (Å²) in [5.74, 6) is 0.443. The van der Waals surface area contributed by atoms with Crippen LogP contribution in [0.3, 0.4) is 0 Å². The summed E-state index contributed by atoms with van der Waals surface area (Å²) < 4.78 is 6.28. The average molecular weight is 384 g/mol. The highest BCUT2D eigenvalue weighted by atomic mass is 79.9. The molecular formula is C17H26BrN3O2. The fraction of sp³-hybridized carbons (Fsp3) is 0.647. The number of carbonyl (C=O) groups excluding carboxylic acids is 1. The lowest BCUT2D eigenvalue weighted by Gasteiger charge is -2.23. The lowest BCUT2D eigenvalue weighted by atomic mass is 10.0. The second-order valence-electron chi connectivity index (χ2n) is 7.03. The Morgan fingerprint density at radius 3 is 2.83 bits per heavy atom. The number of amides is 1. The van der Waals surface area contributed by atoms with Crippen molar-refractivity contribution in [2.75, 3.05) is 6.54 Å². The van der Waals surface area contributed by atoms with Gasteiger partial charge in [0.05, 0.1) is 5.69 Å². The first-order chi connectivity index (χ1) is 10.8. The molecule has 6 heteroatoms. The maximum Gasteiger partial charge on any atom is 0.407 e. The zero-order chi connectivity index (χ0) is 16.9. The van der Waals surface area contributed by atoms with Crippen molar-refractivity contribution in [1.82, 2.24) is 15.6 Å². The van der Waals surface area contributed by atoms with Crippen LogP contribution in [-0.2, 0) is 11.3 Å². The highest BCUT2D eigenvalue weighted by Gasteiger charge is 2.27. The van der Waals surface area contributed by atoms with Crippen molar-refractivity contribution < 1.29 is 9.53 Å². The fourth-order valence-corrected chi connectivity index (χ4v) is 3.06. The Morgan fingerprint density at radius 1 is 1.39 bits per heavy atom. The van der Waals surface area contributed by atoms with Crippen LogP contribution < -0.4 is 10.6 Å². The Labute approximate surface area is 146 Å². The summed E-state index contributed by atoms with van der Waals surface area (Å²) in [6.45, 7) is 7.02. The van der Waals surface area contributed by atoms with Gasteiger partial charge in [-0.05, 0) is 67.6 Å². The maximum absolute atomic E-state index is 11.8. The van der Waals surface area contributed by atoms with Crippen LogP contribution in [0.25, 0.3) is 0 Å². The Balaban J connectivity index is 1.76. The molecule has 1 aromatic heterocycles. The molecule has 1 heterocycles. The van der Waals surface area contributed by atoms with Crippen molar-refractivity contribution >= 4 is 22.0 Å². The minimum Gasteiger partial charge on any atom is -0.444 e. The van der Waals surface area contributed by atoms with Crippen LogP contribution in [-0.4, -0.2) is 29.3 Å². The van der Waals surface area contributed by atoms with Gasteiger partial charge < -0.3 is 15.4 Å². The van der Waals surface area contributed by atoms with Gasteiger partial charge in [0.25, 0.3) is 0 Å². The monoisotopic (exact) mass is 383 g/mol. The second-order valence-corrected chi connectivity index (χ2v) is 7.94. The molecule has 2 N–H and O–H groups in total. The van der Waals surface area contributed by atoms with Gasteiger partial charge in [0, 0.05) is 29.8 Å². The first-order valence-corrected chi connectivity index (χ1v) is 8.93. The maximum atomic E-state index is 11.8. The molecule has 0 saturated heterocycles. The lowest BCUT2D eigenvalue weighted by Crippen LogP contribution is -2.40. The number of hydrogen-bond donors (Lipinski definition) is 2. The molecule has 1 saturated carbocycles. The molecule has 1 fully saturated rings. The number of carbonyl (C=O) groups is 1. The van der Waals surface area contributed by atoms with Crippen LogP contribution >= 0.6 is 15.9 Å². The summed E-state index contributed by atoms with van der Waals surface area (Å²) in [5.41, 5.74) is 0.573. The number of aromatic nitrogens is 1. The lowest BCUT2D eigenvalue weighted by molar-refractivity contribution is 0.0517. The number of halogens is 1. The minimum atomic E-state index is -0.454. The average Bonchev–Trinajstić information content (AvgIpc) is 2.90.